The number of nitrogens with zero attached hydrogens (tertiary/aromatic N) is 5. The first-order valence-electron chi connectivity index (χ1n) is 7.90. The lowest BCUT2D eigenvalue weighted by Gasteiger charge is -2.33. The molecule has 3 N–H and O–H groups in total. The number of carbonyl (C=O) groups is 1. The highest BCUT2D eigenvalue weighted by molar-refractivity contribution is 6.29. The topological polar surface area (TPSA) is 102 Å². The second-order valence-corrected chi connectivity index (χ2v) is 6.31. The lowest BCUT2D eigenvalue weighted by Crippen LogP contribution is -2.37. The van der Waals surface area contributed by atoms with Gasteiger partial charge in [0.15, 0.2) is 0 Å². The maximum absolute atomic E-state index is 10.7. The Labute approximate surface area is 145 Å². The summed E-state index contributed by atoms with van der Waals surface area (Å²) < 4.78 is 1.82. The largest absolute Gasteiger partial charge is 0.356 e. The van der Waals surface area contributed by atoms with Crippen molar-refractivity contribution in [2.75, 3.05) is 18.0 Å². The maximum Gasteiger partial charge on any atom is 0.312 e. The molecule has 0 bridgehead atoms. The Morgan fingerprint density at radius 2 is 2.33 bits per heavy atom. The Hall–Kier alpha value is -2.35. The first kappa shape index (κ1) is 16.5. The summed E-state index contributed by atoms with van der Waals surface area (Å²) in [5, 5.41) is 11.2. The number of primary amides is 1. The van der Waals surface area contributed by atoms with Gasteiger partial charge in [0.05, 0.1) is 12.7 Å². The molecular formula is C15H20ClN7O. The molecule has 1 saturated heterocycles. The van der Waals surface area contributed by atoms with E-state index in [0.717, 1.165) is 38.3 Å². The molecule has 0 unspecified atom stereocenters. The molecule has 3 heterocycles. The van der Waals surface area contributed by atoms with Crippen LogP contribution in [0.4, 0.5) is 10.6 Å². The van der Waals surface area contributed by atoms with Gasteiger partial charge in [0.1, 0.15) is 16.7 Å². The van der Waals surface area contributed by atoms with E-state index >= 15 is 0 Å². The summed E-state index contributed by atoms with van der Waals surface area (Å²) in [6.07, 6.45) is 4.07. The monoisotopic (exact) mass is 349 g/mol. The number of hydrogen-bond acceptors (Lipinski definition) is 5. The van der Waals surface area contributed by atoms with Crippen molar-refractivity contribution in [1.29, 1.82) is 0 Å². The molecule has 24 heavy (non-hydrogen) atoms. The van der Waals surface area contributed by atoms with E-state index < -0.39 is 6.03 Å². The minimum Gasteiger partial charge on any atom is -0.356 e. The van der Waals surface area contributed by atoms with E-state index in [9.17, 15) is 4.79 Å². The number of amides is 2. The van der Waals surface area contributed by atoms with E-state index in [1.807, 2.05) is 23.0 Å². The maximum atomic E-state index is 10.7. The zero-order valence-corrected chi connectivity index (χ0v) is 14.0. The number of piperidine rings is 1. The fraction of sp³-hybridized carbons (Fsp3) is 0.467. The molecule has 0 saturated carbocycles. The van der Waals surface area contributed by atoms with Gasteiger partial charge in [-0.25, -0.2) is 9.78 Å². The van der Waals surface area contributed by atoms with Crippen LogP contribution in [0, 0.1) is 5.92 Å². The molecule has 0 aliphatic carbocycles. The standard InChI is InChI=1S/C15H20ClN7O/c16-13-4-1-5-14(19-13)22-6-2-3-11(8-22)9-23-10-12(20-21-23)7-18-15(17)24/h1,4-5,10-11H,2-3,6-9H2,(H3,17,18,24)/t11-/m0/s1. The predicted octanol–water partition coefficient (Wildman–Crippen LogP) is 1.41. The number of anilines is 1. The van der Waals surface area contributed by atoms with Crippen LogP contribution in [0.1, 0.15) is 18.5 Å². The molecule has 0 spiro atoms. The van der Waals surface area contributed by atoms with Crippen molar-refractivity contribution in [2.45, 2.75) is 25.9 Å². The summed E-state index contributed by atoms with van der Waals surface area (Å²) in [5.74, 6) is 1.37. The average molecular weight is 350 g/mol. The van der Waals surface area contributed by atoms with E-state index in [4.69, 9.17) is 17.3 Å². The minimum atomic E-state index is -0.568. The van der Waals surface area contributed by atoms with Gasteiger partial charge in [-0.2, -0.15) is 0 Å². The van der Waals surface area contributed by atoms with E-state index in [2.05, 4.69) is 25.5 Å². The summed E-state index contributed by atoms with van der Waals surface area (Å²) >= 11 is 5.99. The van der Waals surface area contributed by atoms with Crippen molar-refractivity contribution >= 4 is 23.4 Å². The Bertz CT molecular complexity index is 705. The molecule has 2 aromatic rings. The van der Waals surface area contributed by atoms with Gasteiger partial charge in [0.2, 0.25) is 0 Å². The molecule has 2 amide bonds. The number of urea groups is 1. The molecule has 3 rings (SSSR count). The van der Waals surface area contributed by atoms with Gasteiger partial charge in [-0.05, 0) is 30.9 Å². The van der Waals surface area contributed by atoms with Crippen molar-refractivity contribution in [1.82, 2.24) is 25.3 Å². The van der Waals surface area contributed by atoms with Crippen molar-refractivity contribution in [3.8, 4) is 0 Å². The fourth-order valence-corrected chi connectivity index (χ4v) is 3.11. The third-order valence-electron chi connectivity index (χ3n) is 4.02. The van der Waals surface area contributed by atoms with Crippen LogP contribution in [0.2, 0.25) is 5.15 Å². The Morgan fingerprint density at radius 3 is 3.12 bits per heavy atom. The van der Waals surface area contributed by atoms with Crippen LogP contribution in [0.5, 0.6) is 0 Å². The quantitative estimate of drug-likeness (QED) is 0.794. The van der Waals surface area contributed by atoms with Gasteiger partial charge in [-0.1, -0.05) is 22.9 Å². The molecule has 9 heteroatoms. The SMILES string of the molecule is NC(=O)NCc1cn(C[C@H]2CCCN(c3cccc(Cl)n3)C2)nn1. The first-order chi connectivity index (χ1) is 11.6. The van der Waals surface area contributed by atoms with Gasteiger partial charge in [0, 0.05) is 19.6 Å². The van der Waals surface area contributed by atoms with Crippen molar-refractivity contribution < 1.29 is 4.79 Å². The van der Waals surface area contributed by atoms with Crippen LogP contribution in [-0.4, -0.2) is 39.1 Å². The highest BCUT2D eigenvalue weighted by Crippen LogP contribution is 2.23. The Morgan fingerprint density at radius 1 is 1.46 bits per heavy atom. The zero-order valence-electron chi connectivity index (χ0n) is 13.2. The summed E-state index contributed by atoms with van der Waals surface area (Å²) in [6.45, 7) is 2.95. The number of pyridine rings is 1. The van der Waals surface area contributed by atoms with Crippen LogP contribution < -0.4 is 16.0 Å². The van der Waals surface area contributed by atoms with Gasteiger partial charge < -0.3 is 16.0 Å². The van der Waals surface area contributed by atoms with Crippen LogP contribution >= 0.6 is 11.6 Å². The van der Waals surface area contributed by atoms with Gasteiger partial charge in [-0.3, -0.25) is 4.68 Å². The van der Waals surface area contributed by atoms with Crippen molar-refractivity contribution in [3.63, 3.8) is 0 Å². The van der Waals surface area contributed by atoms with Crippen LogP contribution in [0.25, 0.3) is 0 Å². The van der Waals surface area contributed by atoms with E-state index in [0.29, 0.717) is 23.3 Å². The molecular weight excluding hydrogens is 330 g/mol. The summed E-state index contributed by atoms with van der Waals surface area (Å²) in [7, 11) is 0. The van der Waals surface area contributed by atoms with Crippen LogP contribution in [-0.2, 0) is 13.1 Å². The Balaban J connectivity index is 1.58. The smallest absolute Gasteiger partial charge is 0.312 e. The highest BCUT2D eigenvalue weighted by atomic mass is 35.5. The average Bonchev–Trinajstić information content (AvgIpc) is 3.01. The number of halogens is 1. The second kappa shape index (κ2) is 7.48. The number of aromatic nitrogens is 4. The number of nitrogens with two attached hydrogens (primary N) is 1. The predicted molar refractivity (Wildman–Crippen MR) is 90.6 cm³/mol. The fourth-order valence-electron chi connectivity index (χ4n) is 2.95. The molecule has 8 nitrogen and oxygen atoms in total. The molecule has 0 aromatic carbocycles. The highest BCUT2D eigenvalue weighted by Gasteiger charge is 2.22. The molecule has 0 radical (unpaired) electrons. The van der Waals surface area contributed by atoms with Gasteiger partial charge >= 0.3 is 6.03 Å². The van der Waals surface area contributed by atoms with Crippen molar-refractivity contribution in [3.05, 3.63) is 35.2 Å². The van der Waals surface area contributed by atoms with E-state index in [-0.39, 0.29) is 0 Å². The van der Waals surface area contributed by atoms with Crippen molar-refractivity contribution in [2.24, 2.45) is 11.7 Å². The third kappa shape index (κ3) is 4.35. The molecule has 1 aliphatic rings. The van der Waals surface area contributed by atoms with Crippen LogP contribution in [0.15, 0.2) is 24.4 Å². The lowest BCUT2D eigenvalue weighted by atomic mass is 9.98. The van der Waals surface area contributed by atoms with Gasteiger partial charge in [0.25, 0.3) is 0 Å². The van der Waals surface area contributed by atoms with Crippen LogP contribution in [0.3, 0.4) is 0 Å². The number of nitrogens with one attached hydrogen (secondary N) is 1. The molecule has 1 aliphatic heterocycles. The summed E-state index contributed by atoms with van der Waals surface area (Å²) in [6, 6.07) is 5.12. The van der Waals surface area contributed by atoms with Gasteiger partial charge in [-0.15, -0.1) is 5.10 Å². The zero-order chi connectivity index (χ0) is 16.9. The molecule has 1 fully saturated rings. The second-order valence-electron chi connectivity index (χ2n) is 5.92. The van der Waals surface area contributed by atoms with E-state index in [1.165, 1.54) is 0 Å². The molecule has 128 valence electrons. The summed E-state index contributed by atoms with van der Waals surface area (Å²) in [4.78, 5) is 17.4. The third-order valence-corrected chi connectivity index (χ3v) is 4.23. The number of carbonyl (C=O) groups excluding carboxylic acids is 1. The minimum absolute atomic E-state index is 0.290. The number of hydrogen-bond donors (Lipinski definition) is 2. The first-order valence-corrected chi connectivity index (χ1v) is 8.28. The number of rotatable bonds is 5. The molecule has 1 atom stereocenters. The summed E-state index contributed by atoms with van der Waals surface area (Å²) in [5.41, 5.74) is 5.74. The lowest BCUT2D eigenvalue weighted by molar-refractivity contribution is 0.248. The van der Waals surface area contributed by atoms with E-state index in [1.54, 1.807) is 6.07 Å². The molecule has 2 aromatic heterocycles. The Kier molecular flexibility index (Phi) is 5.14. The normalized spacial score (nSPS) is 17.7.